The smallest absolute Gasteiger partial charge is 0.255 e. The van der Waals surface area contributed by atoms with E-state index < -0.39 is 11.9 Å². The molecule has 1 aromatic carbocycles. The van der Waals surface area contributed by atoms with Crippen LogP contribution < -0.4 is 10.6 Å². The number of imide groups is 1. The molecule has 0 aromatic heterocycles. The fraction of sp³-hybridized carbons (Fsp3) is 0.400. The highest BCUT2D eigenvalue weighted by atomic mass is 16.5. The van der Waals surface area contributed by atoms with E-state index in [1.807, 2.05) is 0 Å². The normalized spacial score (nSPS) is 18.2. The number of ether oxygens (including phenoxy) is 2. The third kappa shape index (κ3) is 4.80. The topological polar surface area (TPSA) is 114 Å². The van der Waals surface area contributed by atoms with Gasteiger partial charge >= 0.3 is 0 Å². The van der Waals surface area contributed by atoms with Gasteiger partial charge in [-0.2, -0.15) is 0 Å². The van der Waals surface area contributed by atoms with Crippen LogP contribution in [-0.2, 0) is 30.4 Å². The van der Waals surface area contributed by atoms with E-state index >= 15 is 0 Å². The van der Waals surface area contributed by atoms with Crippen molar-refractivity contribution in [1.82, 2.24) is 10.2 Å². The molecule has 2 aliphatic rings. The molecule has 0 radical (unpaired) electrons. The Labute approximate surface area is 167 Å². The lowest BCUT2D eigenvalue weighted by Gasteiger charge is -2.29. The minimum atomic E-state index is -0.706. The van der Waals surface area contributed by atoms with Gasteiger partial charge in [0.1, 0.15) is 19.3 Å². The molecule has 3 rings (SSSR count). The van der Waals surface area contributed by atoms with Gasteiger partial charge in [0.15, 0.2) is 0 Å². The van der Waals surface area contributed by atoms with Crippen LogP contribution in [0.4, 0.5) is 5.69 Å². The number of hydrogen-bond acceptors (Lipinski definition) is 6. The van der Waals surface area contributed by atoms with E-state index in [4.69, 9.17) is 15.9 Å². The summed E-state index contributed by atoms with van der Waals surface area (Å²) in [6.07, 6.45) is 5.52. The van der Waals surface area contributed by atoms with Gasteiger partial charge in [0.25, 0.3) is 5.91 Å². The number of piperidine rings is 1. The molecule has 1 saturated heterocycles. The van der Waals surface area contributed by atoms with E-state index in [2.05, 4.69) is 16.6 Å². The zero-order valence-electron chi connectivity index (χ0n) is 15.7. The third-order valence-corrected chi connectivity index (χ3v) is 4.65. The summed E-state index contributed by atoms with van der Waals surface area (Å²) < 4.78 is 10.3. The van der Waals surface area contributed by atoms with Crippen molar-refractivity contribution in [2.24, 2.45) is 0 Å². The average molecular weight is 399 g/mol. The lowest BCUT2D eigenvalue weighted by Crippen LogP contribution is -2.52. The van der Waals surface area contributed by atoms with Crippen LogP contribution >= 0.6 is 0 Å². The number of benzene rings is 1. The molecule has 9 heteroatoms. The molecular weight excluding hydrogens is 378 g/mol. The van der Waals surface area contributed by atoms with Crippen LogP contribution in [0, 0.1) is 12.3 Å². The van der Waals surface area contributed by atoms with E-state index in [1.54, 1.807) is 18.2 Å². The number of terminal acetylenes is 1. The van der Waals surface area contributed by atoms with Crippen molar-refractivity contribution in [3.63, 3.8) is 0 Å². The van der Waals surface area contributed by atoms with Gasteiger partial charge in [0, 0.05) is 29.8 Å². The van der Waals surface area contributed by atoms with E-state index in [-0.39, 0.29) is 63.5 Å². The van der Waals surface area contributed by atoms with Crippen LogP contribution in [0.15, 0.2) is 18.2 Å². The molecule has 1 unspecified atom stereocenters. The van der Waals surface area contributed by atoms with Crippen LogP contribution in [0.3, 0.4) is 0 Å². The minimum absolute atomic E-state index is 0.173. The summed E-state index contributed by atoms with van der Waals surface area (Å²) in [4.78, 5) is 49.8. The maximum atomic E-state index is 12.8. The molecule has 9 nitrogen and oxygen atoms in total. The van der Waals surface area contributed by atoms with Gasteiger partial charge in [-0.15, -0.1) is 6.42 Å². The van der Waals surface area contributed by atoms with Crippen molar-refractivity contribution in [2.75, 3.05) is 31.7 Å². The molecular formula is C20H21N3O6. The summed E-state index contributed by atoms with van der Waals surface area (Å²) in [5, 5.41) is 5.00. The Morgan fingerprint density at radius 3 is 2.83 bits per heavy atom. The average Bonchev–Trinajstić information content (AvgIpc) is 3.02. The van der Waals surface area contributed by atoms with Crippen molar-refractivity contribution in [1.29, 1.82) is 0 Å². The summed E-state index contributed by atoms with van der Waals surface area (Å²) >= 11 is 0. The number of amides is 4. The monoisotopic (exact) mass is 399 g/mol. The fourth-order valence-electron chi connectivity index (χ4n) is 3.30. The summed E-state index contributed by atoms with van der Waals surface area (Å²) in [6.45, 7) is 0.701. The molecule has 1 aromatic rings. The Kier molecular flexibility index (Phi) is 6.59. The minimum Gasteiger partial charge on any atom is -0.369 e. The number of anilines is 1. The highest BCUT2D eigenvalue weighted by Crippen LogP contribution is 2.32. The third-order valence-electron chi connectivity index (χ3n) is 4.65. The van der Waals surface area contributed by atoms with E-state index in [0.29, 0.717) is 16.8 Å². The van der Waals surface area contributed by atoms with E-state index in [9.17, 15) is 19.2 Å². The Bertz CT molecular complexity index is 875. The quantitative estimate of drug-likeness (QED) is 0.363. The van der Waals surface area contributed by atoms with Crippen LogP contribution in [-0.4, -0.2) is 61.0 Å². The standard InChI is InChI=1S/C20H21N3O6/c1-2-8-28-9-10-29-12-18(25)21-15-5-3-4-13-14(15)11-23(20(13)27)16-6-7-17(24)22-19(16)26/h1,3-5,16H,6-12H2,(H,21,25)(H,22,24,26). The Morgan fingerprint density at radius 1 is 1.28 bits per heavy atom. The molecule has 1 atom stereocenters. The second-order valence-corrected chi connectivity index (χ2v) is 6.59. The second-order valence-electron chi connectivity index (χ2n) is 6.59. The first-order valence-corrected chi connectivity index (χ1v) is 9.16. The van der Waals surface area contributed by atoms with Crippen molar-refractivity contribution in [3.05, 3.63) is 29.3 Å². The number of hydrogen-bond donors (Lipinski definition) is 2. The molecule has 1 fully saturated rings. The van der Waals surface area contributed by atoms with Gasteiger partial charge in [0.2, 0.25) is 17.7 Å². The van der Waals surface area contributed by atoms with Crippen molar-refractivity contribution in [2.45, 2.75) is 25.4 Å². The number of nitrogens with zero attached hydrogens (tertiary/aromatic N) is 1. The van der Waals surface area contributed by atoms with Gasteiger partial charge in [0.05, 0.1) is 13.2 Å². The Morgan fingerprint density at radius 2 is 2.07 bits per heavy atom. The molecule has 4 amide bonds. The van der Waals surface area contributed by atoms with Gasteiger partial charge in [-0.3, -0.25) is 24.5 Å². The maximum Gasteiger partial charge on any atom is 0.255 e. The summed E-state index contributed by atoms with van der Waals surface area (Å²) in [7, 11) is 0. The zero-order chi connectivity index (χ0) is 20.8. The van der Waals surface area contributed by atoms with Gasteiger partial charge < -0.3 is 19.7 Å². The zero-order valence-corrected chi connectivity index (χ0v) is 15.7. The van der Waals surface area contributed by atoms with Crippen LogP contribution in [0.2, 0.25) is 0 Å². The molecule has 0 aliphatic carbocycles. The summed E-state index contributed by atoms with van der Waals surface area (Å²) in [5.41, 5.74) is 1.55. The largest absolute Gasteiger partial charge is 0.369 e. The first-order valence-electron chi connectivity index (χ1n) is 9.16. The summed E-state index contributed by atoms with van der Waals surface area (Å²) in [6, 6.07) is 4.30. The number of rotatable bonds is 8. The SMILES string of the molecule is C#CCOCCOCC(=O)Nc1cccc2c1CN(C1CCC(=O)NC1=O)C2=O. The lowest BCUT2D eigenvalue weighted by molar-refractivity contribution is -0.137. The van der Waals surface area contributed by atoms with Crippen molar-refractivity contribution >= 4 is 29.3 Å². The van der Waals surface area contributed by atoms with Crippen molar-refractivity contribution in [3.8, 4) is 12.3 Å². The fourth-order valence-corrected chi connectivity index (χ4v) is 3.30. The van der Waals surface area contributed by atoms with Gasteiger partial charge in [-0.05, 0) is 18.6 Å². The molecule has 152 valence electrons. The molecule has 0 saturated carbocycles. The predicted molar refractivity (Wildman–Crippen MR) is 102 cm³/mol. The maximum absolute atomic E-state index is 12.8. The number of carbonyl (C=O) groups is 4. The molecule has 0 spiro atoms. The van der Waals surface area contributed by atoms with Crippen LogP contribution in [0.5, 0.6) is 0 Å². The molecule has 2 N–H and O–H groups in total. The molecule has 2 heterocycles. The second kappa shape index (κ2) is 9.32. The molecule has 29 heavy (non-hydrogen) atoms. The lowest BCUT2D eigenvalue weighted by atomic mass is 10.0. The first-order chi connectivity index (χ1) is 14.0. The van der Waals surface area contributed by atoms with Crippen LogP contribution in [0.1, 0.15) is 28.8 Å². The van der Waals surface area contributed by atoms with E-state index in [0.717, 1.165) is 0 Å². The van der Waals surface area contributed by atoms with E-state index in [1.165, 1.54) is 4.90 Å². The van der Waals surface area contributed by atoms with Crippen LogP contribution in [0.25, 0.3) is 0 Å². The van der Waals surface area contributed by atoms with Gasteiger partial charge in [-0.25, -0.2) is 0 Å². The molecule has 0 bridgehead atoms. The number of nitrogens with one attached hydrogen (secondary N) is 2. The first kappa shape index (κ1) is 20.5. The molecule has 2 aliphatic heterocycles. The highest BCUT2D eigenvalue weighted by Gasteiger charge is 2.39. The Hall–Kier alpha value is -3.22. The van der Waals surface area contributed by atoms with Gasteiger partial charge in [-0.1, -0.05) is 12.0 Å². The predicted octanol–water partition coefficient (Wildman–Crippen LogP) is 0.0525. The summed E-state index contributed by atoms with van der Waals surface area (Å²) in [5.74, 6) is 0.840. The highest BCUT2D eigenvalue weighted by molar-refractivity contribution is 6.06. The number of fused-ring (bicyclic) bond motifs is 1. The number of carbonyl (C=O) groups excluding carboxylic acids is 4. The van der Waals surface area contributed by atoms with Crippen molar-refractivity contribution < 1.29 is 28.7 Å². The Balaban J connectivity index is 1.60.